The molecular weight excluding hydrogens is 231 g/mol. The molecule has 1 aromatic carbocycles. The minimum Gasteiger partial charge on any atom is -0.485 e. The maximum atomic E-state index is 13.2. The van der Waals surface area contributed by atoms with E-state index in [-0.39, 0.29) is 12.4 Å². The Labute approximate surface area is 94.8 Å². The average molecular weight is 238 g/mol. The van der Waals surface area contributed by atoms with Crippen molar-refractivity contribution in [1.29, 1.82) is 0 Å². The van der Waals surface area contributed by atoms with Crippen LogP contribution in [0.5, 0.6) is 5.75 Å². The highest BCUT2D eigenvalue weighted by atomic mass is 19.1. The molecule has 2 rings (SSSR count). The van der Waals surface area contributed by atoms with Gasteiger partial charge in [0.2, 0.25) is 5.82 Å². The Bertz CT molecular complexity index is 527. The van der Waals surface area contributed by atoms with E-state index in [2.05, 4.69) is 5.16 Å². The van der Waals surface area contributed by atoms with Crippen molar-refractivity contribution >= 4 is 5.69 Å². The highest BCUT2D eigenvalue weighted by molar-refractivity contribution is 5.37. The smallest absolute Gasteiger partial charge is 0.305 e. The third kappa shape index (κ3) is 2.57. The van der Waals surface area contributed by atoms with Gasteiger partial charge in [-0.15, -0.1) is 0 Å². The molecule has 0 amide bonds. The fourth-order valence-corrected chi connectivity index (χ4v) is 1.20. The van der Waals surface area contributed by atoms with Gasteiger partial charge in [-0.25, -0.2) is 0 Å². The van der Waals surface area contributed by atoms with E-state index >= 15 is 0 Å². The molecule has 0 saturated carbocycles. The Morgan fingerprint density at radius 1 is 1.47 bits per heavy atom. The van der Waals surface area contributed by atoms with Gasteiger partial charge in [0.15, 0.2) is 5.76 Å². The molecule has 1 heterocycles. The summed E-state index contributed by atoms with van der Waals surface area (Å²) in [4.78, 5) is 9.58. The van der Waals surface area contributed by atoms with Crippen LogP contribution in [0.25, 0.3) is 0 Å². The lowest BCUT2D eigenvalue weighted by Gasteiger charge is -2.03. The van der Waals surface area contributed by atoms with Crippen molar-refractivity contribution in [2.24, 2.45) is 0 Å². The molecule has 0 N–H and O–H groups in total. The number of nitrogens with zero attached hydrogens (tertiary/aromatic N) is 2. The van der Waals surface area contributed by atoms with Crippen molar-refractivity contribution in [2.45, 2.75) is 6.61 Å². The second-order valence-electron chi connectivity index (χ2n) is 3.14. The predicted octanol–water partition coefficient (Wildman–Crippen LogP) is 2.30. The van der Waals surface area contributed by atoms with Crippen LogP contribution in [0.3, 0.4) is 0 Å². The summed E-state index contributed by atoms with van der Waals surface area (Å²) in [6.07, 6.45) is 1.45. The Balaban J connectivity index is 2.07. The predicted molar refractivity (Wildman–Crippen MR) is 53.9 cm³/mol. The Hall–Kier alpha value is -2.44. The molecule has 0 aliphatic rings. The van der Waals surface area contributed by atoms with Crippen LogP contribution in [-0.2, 0) is 6.61 Å². The highest BCUT2D eigenvalue weighted by Gasteiger charge is 2.14. The lowest BCUT2D eigenvalue weighted by Crippen LogP contribution is -1.96. The summed E-state index contributed by atoms with van der Waals surface area (Å²) in [5.41, 5.74) is -0.586. The van der Waals surface area contributed by atoms with Crippen LogP contribution in [0.2, 0.25) is 0 Å². The largest absolute Gasteiger partial charge is 0.485 e. The van der Waals surface area contributed by atoms with Gasteiger partial charge in [0.25, 0.3) is 0 Å². The monoisotopic (exact) mass is 238 g/mol. The molecule has 17 heavy (non-hydrogen) atoms. The number of hydrogen-bond donors (Lipinski definition) is 0. The molecular formula is C10H7FN2O4. The Kier molecular flexibility index (Phi) is 2.99. The zero-order valence-corrected chi connectivity index (χ0v) is 8.50. The minimum absolute atomic E-state index is 0.0806. The summed E-state index contributed by atoms with van der Waals surface area (Å²) < 4.78 is 23.1. The van der Waals surface area contributed by atoms with Crippen LogP contribution in [0.1, 0.15) is 5.76 Å². The number of nitro groups is 1. The van der Waals surface area contributed by atoms with Crippen molar-refractivity contribution in [3.05, 3.63) is 52.2 Å². The second-order valence-corrected chi connectivity index (χ2v) is 3.14. The van der Waals surface area contributed by atoms with Crippen LogP contribution in [0, 0.1) is 15.9 Å². The first-order chi connectivity index (χ1) is 8.16. The number of benzene rings is 1. The molecule has 0 fully saturated rings. The fraction of sp³-hybridized carbons (Fsp3) is 0.100. The zero-order chi connectivity index (χ0) is 12.3. The molecule has 0 aliphatic heterocycles. The van der Waals surface area contributed by atoms with Crippen molar-refractivity contribution in [3.8, 4) is 5.75 Å². The van der Waals surface area contributed by atoms with E-state index in [9.17, 15) is 14.5 Å². The van der Waals surface area contributed by atoms with E-state index in [1.165, 1.54) is 12.3 Å². The van der Waals surface area contributed by atoms with E-state index in [0.29, 0.717) is 5.76 Å². The van der Waals surface area contributed by atoms with Gasteiger partial charge in [-0.1, -0.05) is 5.16 Å². The number of rotatable bonds is 4. The first-order valence-corrected chi connectivity index (χ1v) is 4.63. The number of halogens is 1. The lowest BCUT2D eigenvalue weighted by atomic mass is 10.3. The molecule has 0 radical (unpaired) electrons. The summed E-state index contributed by atoms with van der Waals surface area (Å²) in [6.45, 7) is 0.0806. The molecule has 0 atom stereocenters. The second kappa shape index (κ2) is 4.60. The van der Waals surface area contributed by atoms with Crippen LogP contribution in [-0.4, -0.2) is 10.1 Å². The normalized spacial score (nSPS) is 10.2. The minimum atomic E-state index is -0.940. The van der Waals surface area contributed by atoms with E-state index in [4.69, 9.17) is 9.26 Å². The number of aromatic nitrogens is 1. The van der Waals surface area contributed by atoms with Crippen LogP contribution >= 0.6 is 0 Å². The molecule has 0 bridgehead atoms. The van der Waals surface area contributed by atoms with Crippen molar-refractivity contribution in [3.63, 3.8) is 0 Å². The van der Waals surface area contributed by atoms with Crippen molar-refractivity contribution in [2.75, 3.05) is 0 Å². The summed E-state index contributed by atoms with van der Waals surface area (Å²) in [5.74, 6) is -0.279. The van der Waals surface area contributed by atoms with Gasteiger partial charge in [-0.05, 0) is 6.07 Å². The molecule has 0 unspecified atom stereocenters. The maximum Gasteiger partial charge on any atom is 0.305 e. The maximum absolute atomic E-state index is 13.2. The van der Waals surface area contributed by atoms with E-state index in [0.717, 1.165) is 12.1 Å². The van der Waals surface area contributed by atoms with Gasteiger partial charge >= 0.3 is 5.69 Å². The summed E-state index contributed by atoms with van der Waals surface area (Å²) in [7, 11) is 0. The Morgan fingerprint density at radius 2 is 2.29 bits per heavy atom. The summed E-state index contributed by atoms with van der Waals surface area (Å²) in [5, 5.41) is 13.9. The topological polar surface area (TPSA) is 78.4 Å². The number of ether oxygens (including phenoxy) is 1. The average Bonchev–Trinajstić information content (AvgIpc) is 2.78. The first kappa shape index (κ1) is 11.1. The van der Waals surface area contributed by atoms with Crippen LogP contribution in [0.15, 0.2) is 35.0 Å². The van der Waals surface area contributed by atoms with Crippen molar-refractivity contribution in [1.82, 2.24) is 5.16 Å². The quantitative estimate of drug-likeness (QED) is 0.603. The van der Waals surface area contributed by atoms with Crippen molar-refractivity contribution < 1.29 is 18.6 Å². The van der Waals surface area contributed by atoms with Crippen LogP contribution in [0.4, 0.5) is 10.1 Å². The van der Waals surface area contributed by atoms with Gasteiger partial charge < -0.3 is 9.26 Å². The number of hydrogen-bond acceptors (Lipinski definition) is 5. The molecule has 6 nitrogen and oxygen atoms in total. The standard InChI is InChI=1S/C10H7FN2O4/c11-9-5-7(1-2-10(9)13(14)15)16-6-8-3-4-12-17-8/h1-5H,6H2. The fourth-order valence-electron chi connectivity index (χ4n) is 1.20. The van der Waals surface area contributed by atoms with Gasteiger partial charge in [0.1, 0.15) is 12.4 Å². The first-order valence-electron chi connectivity index (χ1n) is 4.63. The van der Waals surface area contributed by atoms with E-state index in [1.54, 1.807) is 6.07 Å². The van der Waals surface area contributed by atoms with Crippen LogP contribution < -0.4 is 4.74 Å². The molecule has 1 aromatic heterocycles. The third-order valence-electron chi connectivity index (χ3n) is 1.99. The Morgan fingerprint density at radius 3 is 2.88 bits per heavy atom. The summed E-state index contributed by atoms with van der Waals surface area (Å²) in [6, 6.07) is 4.92. The molecule has 7 heteroatoms. The van der Waals surface area contributed by atoms with Gasteiger partial charge in [0, 0.05) is 18.2 Å². The zero-order valence-electron chi connectivity index (χ0n) is 8.50. The molecule has 0 spiro atoms. The molecule has 2 aromatic rings. The SMILES string of the molecule is O=[N+]([O-])c1ccc(OCc2ccno2)cc1F. The van der Waals surface area contributed by atoms with Gasteiger partial charge in [-0.3, -0.25) is 10.1 Å². The lowest BCUT2D eigenvalue weighted by molar-refractivity contribution is -0.387. The van der Waals surface area contributed by atoms with E-state index in [1.807, 2.05) is 0 Å². The van der Waals surface area contributed by atoms with Gasteiger partial charge in [0.05, 0.1) is 11.1 Å². The third-order valence-corrected chi connectivity index (χ3v) is 1.99. The summed E-state index contributed by atoms with van der Waals surface area (Å²) >= 11 is 0. The van der Waals surface area contributed by atoms with E-state index < -0.39 is 16.4 Å². The molecule has 0 saturated heterocycles. The molecule has 0 aliphatic carbocycles. The molecule has 88 valence electrons. The highest BCUT2D eigenvalue weighted by Crippen LogP contribution is 2.22. The number of nitro benzene ring substituents is 1. The van der Waals surface area contributed by atoms with Gasteiger partial charge in [-0.2, -0.15) is 4.39 Å².